The van der Waals surface area contributed by atoms with E-state index in [4.69, 9.17) is 16.2 Å². The SMILES string of the molecule is CCCCCOc1ccc(-c2ccc(-c3ccc(C(=O)N[C@H]4CCCNC(=O)[C@@H]5C[C@H](N)CN5C(=O)[C@H](CCCN)NC(=O)C(CCc5ccc(O)cc5)NC(=O)[C@@H]5C[C@@H](O)CN5C(=O)[C@H]([C@@H](C)O)NC4=O)cc3)cc2)cc1. The smallest absolute Gasteiger partial charge is 0.251 e. The first-order valence-electron chi connectivity index (χ1n) is 27.2. The maximum absolute atomic E-state index is 14.4. The van der Waals surface area contributed by atoms with Crippen LogP contribution in [0.5, 0.6) is 11.5 Å². The van der Waals surface area contributed by atoms with Crippen LogP contribution in [0.2, 0.25) is 0 Å². The molecular formula is C58H75N9O11. The Balaban J connectivity index is 1.11. The minimum atomic E-state index is -1.66. The van der Waals surface area contributed by atoms with Crippen molar-refractivity contribution < 1.29 is 53.6 Å². The molecule has 0 spiro atoms. The number of carbonyl (C=O) groups excluding carboxylic acids is 7. The summed E-state index contributed by atoms with van der Waals surface area (Å²) in [7, 11) is 0. The van der Waals surface area contributed by atoms with Crippen molar-refractivity contribution in [2.75, 3.05) is 32.8 Å². The van der Waals surface area contributed by atoms with Crippen LogP contribution < -0.4 is 42.8 Å². The zero-order chi connectivity index (χ0) is 55.9. The number of unbranched alkanes of at least 4 members (excludes halogenated alkanes) is 2. The lowest BCUT2D eigenvalue weighted by Crippen LogP contribution is -2.61. The van der Waals surface area contributed by atoms with Gasteiger partial charge in [0.1, 0.15) is 47.8 Å². The average molecular weight is 1070 g/mol. The van der Waals surface area contributed by atoms with E-state index in [9.17, 15) is 48.9 Å². The van der Waals surface area contributed by atoms with Crippen molar-refractivity contribution in [2.24, 2.45) is 11.5 Å². The van der Waals surface area contributed by atoms with Crippen LogP contribution in [0.15, 0.2) is 97.1 Å². The highest BCUT2D eigenvalue weighted by molar-refractivity contribution is 6.00. The van der Waals surface area contributed by atoms with E-state index in [1.807, 2.05) is 48.5 Å². The molecule has 9 atom stereocenters. The largest absolute Gasteiger partial charge is 0.508 e. The number of carbonyl (C=O) groups is 7. The third-order valence-electron chi connectivity index (χ3n) is 14.6. The van der Waals surface area contributed by atoms with Gasteiger partial charge in [0, 0.05) is 37.7 Å². The molecule has 3 saturated heterocycles. The van der Waals surface area contributed by atoms with E-state index in [2.05, 4.69) is 33.5 Å². The zero-order valence-corrected chi connectivity index (χ0v) is 44.4. The summed E-state index contributed by atoms with van der Waals surface area (Å²) in [6.07, 6.45) is 1.10. The van der Waals surface area contributed by atoms with E-state index in [0.29, 0.717) is 18.6 Å². The number of hydrogen-bond donors (Lipinski definition) is 10. The number of aliphatic hydroxyl groups is 2. The normalized spacial score (nSPS) is 24.2. The van der Waals surface area contributed by atoms with Crippen molar-refractivity contribution in [3.05, 3.63) is 108 Å². The Labute approximate surface area is 455 Å². The van der Waals surface area contributed by atoms with Crippen LogP contribution in [0.3, 0.4) is 0 Å². The second-order valence-electron chi connectivity index (χ2n) is 20.6. The Hall–Kier alpha value is -7.39. The van der Waals surface area contributed by atoms with Gasteiger partial charge >= 0.3 is 0 Å². The second kappa shape index (κ2) is 27.8. The molecule has 4 aromatic carbocycles. The monoisotopic (exact) mass is 1070 g/mol. The number of nitrogens with one attached hydrogen (secondary N) is 5. The van der Waals surface area contributed by atoms with Crippen molar-refractivity contribution in [3.8, 4) is 33.8 Å². The molecule has 0 radical (unpaired) electrons. The number of rotatable bonds is 16. The summed E-state index contributed by atoms with van der Waals surface area (Å²) in [6, 6.07) is 20.6. The Bertz CT molecular complexity index is 2690. The van der Waals surface area contributed by atoms with E-state index in [-0.39, 0.29) is 82.4 Å². The van der Waals surface area contributed by atoms with Gasteiger partial charge in [0.15, 0.2) is 0 Å². The number of phenolic OH excluding ortho intramolecular Hbond substituents is 1. The van der Waals surface area contributed by atoms with Crippen LogP contribution >= 0.6 is 0 Å². The van der Waals surface area contributed by atoms with Crippen molar-refractivity contribution in [3.63, 3.8) is 0 Å². The number of phenols is 1. The molecule has 78 heavy (non-hydrogen) atoms. The minimum Gasteiger partial charge on any atom is -0.508 e. The van der Waals surface area contributed by atoms with Gasteiger partial charge in [-0.2, -0.15) is 0 Å². The quantitative estimate of drug-likeness (QED) is 0.0723. The van der Waals surface area contributed by atoms with Gasteiger partial charge in [-0.15, -0.1) is 0 Å². The Morgan fingerprint density at radius 1 is 0.718 bits per heavy atom. The van der Waals surface area contributed by atoms with Crippen molar-refractivity contribution >= 4 is 41.4 Å². The number of nitrogens with zero attached hydrogens (tertiary/aromatic N) is 2. The molecule has 0 aromatic heterocycles. The maximum Gasteiger partial charge on any atom is 0.251 e. The van der Waals surface area contributed by atoms with Crippen molar-refractivity contribution in [1.29, 1.82) is 0 Å². The molecule has 3 aliphatic heterocycles. The number of hydrogen-bond acceptors (Lipinski definition) is 13. The van der Waals surface area contributed by atoms with E-state index < -0.39 is 95.9 Å². The van der Waals surface area contributed by atoms with Gasteiger partial charge < -0.3 is 67.9 Å². The van der Waals surface area contributed by atoms with Gasteiger partial charge in [-0.25, -0.2) is 0 Å². The highest BCUT2D eigenvalue weighted by atomic mass is 16.5. The summed E-state index contributed by atoms with van der Waals surface area (Å²) >= 11 is 0. The Kier molecular flexibility index (Phi) is 20.8. The number of fused-ring (bicyclic) bond motifs is 2. The first-order valence-corrected chi connectivity index (χ1v) is 27.2. The fraction of sp³-hybridized carbons (Fsp3) is 0.466. The van der Waals surface area contributed by atoms with Crippen LogP contribution in [-0.2, 0) is 35.2 Å². The maximum atomic E-state index is 14.4. The molecule has 3 aliphatic rings. The van der Waals surface area contributed by atoms with E-state index in [1.54, 1.807) is 36.4 Å². The summed E-state index contributed by atoms with van der Waals surface area (Å²) in [5, 5.41) is 45.6. The molecule has 0 saturated carbocycles. The van der Waals surface area contributed by atoms with Crippen molar-refractivity contribution in [2.45, 2.75) is 139 Å². The molecule has 1 unspecified atom stereocenters. The second-order valence-corrected chi connectivity index (χ2v) is 20.6. The summed E-state index contributed by atoms with van der Waals surface area (Å²) in [4.78, 5) is 102. The summed E-state index contributed by atoms with van der Waals surface area (Å²) in [5.74, 6) is -4.19. The lowest BCUT2D eigenvalue weighted by molar-refractivity contribution is -0.145. The Morgan fingerprint density at radius 2 is 1.32 bits per heavy atom. The van der Waals surface area contributed by atoms with Crippen LogP contribution in [-0.4, -0.2) is 154 Å². The lowest BCUT2D eigenvalue weighted by Gasteiger charge is -2.32. The Morgan fingerprint density at radius 3 is 1.95 bits per heavy atom. The fourth-order valence-electron chi connectivity index (χ4n) is 10.2. The van der Waals surface area contributed by atoms with E-state index in [1.165, 1.54) is 24.0 Å². The van der Waals surface area contributed by atoms with Gasteiger partial charge in [-0.3, -0.25) is 33.6 Å². The van der Waals surface area contributed by atoms with Crippen LogP contribution in [0, 0.1) is 0 Å². The van der Waals surface area contributed by atoms with Crippen LogP contribution in [0.25, 0.3) is 22.3 Å². The molecule has 7 amide bonds. The summed E-state index contributed by atoms with van der Waals surface area (Å²) < 4.78 is 5.87. The number of benzene rings is 4. The molecule has 20 heteroatoms. The third kappa shape index (κ3) is 15.4. The predicted octanol–water partition coefficient (Wildman–Crippen LogP) is 2.40. The summed E-state index contributed by atoms with van der Waals surface area (Å²) in [6.45, 7) is 3.94. The molecular weight excluding hydrogens is 999 g/mol. The number of aliphatic hydroxyl groups excluding tert-OH is 2. The minimum absolute atomic E-state index is 0.00543. The predicted molar refractivity (Wildman–Crippen MR) is 292 cm³/mol. The molecule has 20 nitrogen and oxygen atoms in total. The molecule has 3 fully saturated rings. The number of amides is 7. The average Bonchev–Trinajstić information content (AvgIpc) is 4.09. The first-order chi connectivity index (χ1) is 37.5. The van der Waals surface area contributed by atoms with Gasteiger partial charge in [-0.1, -0.05) is 80.4 Å². The fourth-order valence-corrected chi connectivity index (χ4v) is 10.2. The molecule has 4 aromatic rings. The standard InChI is InChI=1S/C58H75N9O11/c1-3-4-5-30-78-45-25-21-40(22-26-45)38-15-13-37(14-16-38)39-17-19-41(20-18-39)52(71)62-46-9-7-29-61-55(74)49-31-42(60)33-66(49)57(76)48(8-6-28-59)64-53(72)47(27-12-36-10-23-43(69)24-11-36)63-56(75)50-32-44(70)34-67(50)58(77)51(35(2)68)65-54(46)73/h10-11,13-26,35,42,44,46-51,68-70H,3-9,12,27-34,59-60H2,1-2H3,(H,61,74)(H,62,71)(H,63,75)(H,64,72)(H,65,73)/t35-,42+,44-,46+,47?,48+,49+,50+,51+/m1/s1. The molecule has 0 bridgehead atoms. The topological polar surface area (TPSA) is 308 Å². The van der Waals surface area contributed by atoms with E-state index in [0.717, 1.165) is 52.2 Å². The number of ether oxygens (including phenoxy) is 1. The van der Waals surface area contributed by atoms with Crippen molar-refractivity contribution in [1.82, 2.24) is 36.4 Å². The summed E-state index contributed by atoms with van der Waals surface area (Å²) in [5.41, 5.74) is 16.9. The highest BCUT2D eigenvalue weighted by Gasteiger charge is 2.45. The van der Waals surface area contributed by atoms with Crippen LogP contribution in [0.4, 0.5) is 0 Å². The van der Waals surface area contributed by atoms with Crippen LogP contribution in [0.1, 0.15) is 94.0 Å². The highest BCUT2D eigenvalue weighted by Crippen LogP contribution is 2.28. The third-order valence-corrected chi connectivity index (χ3v) is 14.6. The molecule has 418 valence electrons. The number of aromatic hydroxyl groups is 1. The van der Waals surface area contributed by atoms with Gasteiger partial charge in [-0.05, 0) is 129 Å². The molecule has 12 N–H and O–H groups in total. The zero-order valence-electron chi connectivity index (χ0n) is 44.4. The lowest BCUT2D eigenvalue weighted by atomic mass is 9.99. The number of nitrogens with two attached hydrogens (primary N) is 2. The molecule has 7 rings (SSSR count). The molecule has 3 heterocycles. The van der Waals surface area contributed by atoms with Gasteiger partial charge in [0.25, 0.3) is 5.91 Å². The van der Waals surface area contributed by atoms with E-state index >= 15 is 0 Å². The van der Waals surface area contributed by atoms with Gasteiger partial charge in [0.05, 0.1) is 18.8 Å². The molecule has 0 aliphatic carbocycles. The number of aryl methyl sites for hydroxylation is 1. The first kappa shape index (κ1) is 58.3. The van der Waals surface area contributed by atoms with Gasteiger partial charge in [0.2, 0.25) is 35.4 Å².